The number of ether oxygens (including phenoxy) is 1. The minimum Gasteiger partial charge on any atom is -0.444 e. The number of likely N-dealkylation sites (N-methyl/N-ethyl adjacent to an activating group) is 1. The number of hydrogen-bond acceptors (Lipinski definition) is 7. The first-order valence-corrected chi connectivity index (χ1v) is 12.0. The zero-order valence-electron chi connectivity index (χ0n) is 20.3. The number of rotatable bonds is 3. The molecule has 0 N–H and O–H groups in total. The molecule has 9 nitrogen and oxygen atoms in total. The summed E-state index contributed by atoms with van der Waals surface area (Å²) >= 11 is 6.03. The topological polar surface area (TPSA) is 83.8 Å². The van der Waals surface area contributed by atoms with Crippen molar-refractivity contribution < 1.29 is 13.9 Å². The fourth-order valence-electron chi connectivity index (χ4n) is 4.70. The molecule has 186 valence electrons. The number of hydrogen-bond donors (Lipinski definition) is 0. The van der Waals surface area contributed by atoms with Crippen LogP contribution in [0.25, 0.3) is 11.0 Å². The third-order valence-corrected chi connectivity index (χ3v) is 6.72. The number of halogens is 2. The molecule has 4 heterocycles. The van der Waals surface area contributed by atoms with Gasteiger partial charge >= 0.3 is 11.8 Å². The minimum absolute atomic E-state index is 0.174. The Morgan fingerprint density at radius 2 is 2.00 bits per heavy atom. The van der Waals surface area contributed by atoms with Crippen molar-refractivity contribution in [1.29, 1.82) is 0 Å². The maximum Gasteiger partial charge on any atom is 0.410 e. The summed E-state index contributed by atoms with van der Waals surface area (Å²) in [4.78, 5) is 40.1. The maximum absolute atomic E-state index is 14.5. The number of carbonyl (C=O) groups excluding carboxylic acids is 1. The van der Waals surface area contributed by atoms with E-state index in [0.717, 1.165) is 19.4 Å². The molecule has 2 aromatic heterocycles. The SMILES string of the molecule is CC1CN(C(=O)OC(C)(C)C)CCN1c1nc(=O)n(CC2CCCN2C)c2nc(Cl)c(F)cc12. The van der Waals surface area contributed by atoms with Gasteiger partial charge in [0.05, 0.1) is 5.39 Å². The molecule has 0 saturated carbocycles. The molecular formula is C23H32ClFN6O3. The Balaban J connectivity index is 1.68. The quantitative estimate of drug-likeness (QED) is 0.606. The van der Waals surface area contributed by atoms with Gasteiger partial charge in [-0.2, -0.15) is 4.98 Å². The van der Waals surface area contributed by atoms with E-state index in [1.54, 1.807) is 4.90 Å². The number of aromatic nitrogens is 3. The predicted molar refractivity (Wildman–Crippen MR) is 129 cm³/mol. The van der Waals surface area contributed by atoms with Crippen LogP contribution >= 0.6 is 11.6 Å². The molecule has 2 aliphatic heterocycles. The summed E-state index contributed by atoms with van der Waals surface area (Å²) in [5.41, 5.74) is -0.710. The molecule has 2 aromatic rings. The van der Waals surface area contributed by atoms with Crippen LogP contribution in [0.3, 0.4) is 0 Å². The second kappa shape index (κ2) is 9.30. The maximum atomic E-state index is 14.5. The second-order valence-corrected chi connectivity index (χ2v) is 10.6. The zero-order valence-corrected chi connectivity index (χ0v) is 21.1. The molecule has 0 spiro atoms. The second-order valence-electron chi connectivity index (χ2n) is 10.2. The number of pyridine rings is 1. The zero-order chi connectivity index (χ0) is 24.8. The summed E-state index contributed by atoms with van der Waals surface area (Å²) in [6.45, 7) is 9.98. The largest absolute Gasteiger partial charge is 0.444 e. The Hall–Kier alpha value is -2.46. The minimum atomic E-state index is -0.666. The summed E-state index contributed by atoms with van der Waals surface area (Å²) in [6, 6.07) is 1.30. The lowest BCUT2D eigenvalue weighted by atomic mass is 10.1. The van der Waals surface area contributed by atoms with Gasteiger partial charge in [-0.3, -0.25) is 4.57 Å². The molecule has 2 fully saturated rings. The van der Waals surface area contributed by atoms with E-state index in [1.807, 2.05) is 39.6 Å². The Morgan fingerprint density at radius 1 is 1.26 bits per heavy atom. The fourth-order valence-corrected chi connectivity index (χ4v) is 4.83. The van der Waals surface area contributed by atoms with Crippen LogP contribution in [-0.2, 0) is 11.3 Å². The van der Waals surface area contributed by atoms with E-state index >= 15 is 0 Å². The first-order chi connectivity index (χ1) is 15.9. The van der Waals surface area contributed by atoms with Crippen molar-refractivity contribution in [3.8, 4) is 0 Å². The number of amides is 1. The van der Waals surface area contributed by atoms with Crippen LogP contribution in [0.1, 0.15) is 40.5 Å². The van der Waals surface area contributed by atoms with Gasteiger partial charge in [0.15, 0.2) is 11.0 Å². The highest BCUT2D eigenvalue weighted by Crippen LogP contribution is 2.29. The van der Waals surface area contributed by atoms with Gasteiger partial charge < -0.3 is 19.4 Å². The van der Waals surface area contributed by atoms with Gasteiger partial charge in [0.1, 0.15) is 17.1 Å². The third-order valence-electron chi connectivity index (χ3n) is 6.46. The molecular weight excluding hydrogens is 463 g/mol. The van der Waals surface area contributed by atoms with Crippen molar-refractivity contribution in [2.45, 2.75) is 64.8 Å². The van der Waals surface area contributed by atoms with Crippen molar-refractivity contribution in [3.63, 3.8) is 0 Å². The van der Waals surface area contributed by atoms with Crippen LogP contribution in [0, 0.1) is 5.82 Å². The first-order valence-electron chi connectivity index (χ1n) is 11.7. The van der Waals surface area contributed by atoms with Crippen molar-refractivity contribution in [1.82, 2.24) is 24.3 Å². The average molecular weight is 495 g/mol. The standard InChI is InChI=1S/C23H32ClFN6O3/c1-14-12-29(22(33)34-23(2,3)4)9-10-30(14)20-16-11-17(25)18(24)26-19(16)31(21(32)27-20)13-15-7-6-8-28(15)5/h11,14-15H,6-10,12-13H2,1-5H3. The molecule has 0 aliphatic carbocycles. The highest BCUT2D eigenvalue weighted by Gasteiger charge is 2.32. The Kier molecular flexibility index (Phi) is 6.74. The van der Waals surface area contributed by atoms with Crippen molar-refractivity contribution >= 4 is 34.5 Å². The Morgan fingerprint density at radius 3 is 2.62 bits per heavy atom. The van der Waals surface area contributed by atoms with Crippen LogP contribution in [0.5, 0.6) is 0 Å². The van der Waals surface area contributed by atoms with Gasteiger partial charge in [-0.15, -0.1) is 0 Å². The number of nitrogens with zero attached hydrogens (tertiary/aromatic N) is 6. The molecule has 2 atom stereocenters. The molecule has 2 unspecified atom stereocenters. The first kappa shape index (κ1) is 24.7. The highest BCUT2D eigenvalue weighted by molar-refractivity contribution is 6.30. The van der Waals surface area contributed by atoms with Crippen LogP contribution in [0.2, 0.25) is 5.15 Å². The monoisotopic (exact) mass is 494 g/mol. The van der Waals surface area contributed by atoms with Gasteiger partial charge in [0.2, 0.25) is 0 Å². The third kappa shape index (κ3) is 4.98. The summed E-state index contributed by atoms with van der Waals surface area (Å²) in [5.74, 6) is -0.309. The fraction of sp³-hybridized carbons (Fsp3) is 0.652. The predicted octanol–water partition coefficient (Wildman–Crippen LogP) is 3.12. The summed E-state index contributed by atoms with van der Waals surface area (Å²) in [6.07, 6.45) is 1.64. The van der Waals surface area contributed by atoms with Crippen molar-refractivity contribution in [2.75, 3.05) is 38.1 Å². The van der Waals surface area contributed by atoms with Gasteiger partial charge in [-0.25, -0.2) is 19.0 Å². The van der Waals surface area contributed by atoms with Gasteiger partial charge in [-0.1, -0.05) is 11.6 Å². The van der Waals surface area contributed by atoms with E-state index in [4.69, 9.17) is 16.3 Å². The van der Waals surface area contributed by atoms with E-state index in [9.17, 15) is 14.0 Å². The van der Waals surface area contributed by atoms with Crippen LogP contribution in [0.15, 0.2) is 10.9 Å². The number of carbonyl (C=O) groups is 1. The van der Waals surface area contributed by atoms with Crippen molar-refractivity contribution in [2.24, 2.45) is 0 Å². The summed E-state index contributed by atoms with van der Waals surface area (Å²) in [7, 11) is 2.03. The molecule has 2 saturated heterocycles. The van der Waals surface area contributed by atoms with Gasteiger partial charge in [0.25, 0.3) is 0 Å². The molecule has 11 heteroatoms. The number of fused-ring (bicyclic) bond motifs is 1. The smallest absolute Gasteiger partial charge is 0.410 e. The van der Waals surface area contributed by atoms with Gasteiger partial charge in [-0.05, 0) is 60.2 Å². The molecule has 0 aromatic carbocycles. The van der Waals surface area contributed by atoms with E-state index in [1.165, 1.54) is 10.6 Å². The Bertz CT molecular complexity index is 1150. The molecule has 34 heavy (non-hydrogen) atoms. The van der Waals surface area contributed by atoms with E-state index < -0.39 is 17.1 Å². The Labute approximate surface area is 203 Å². The lowest BCUT2D eigenvalue weighted by molar-refractivity contribution is 0.0218. The highest BCUT2D eigenvalue weighted by atomic mass is 35.5. The average Bonchev–Trinajstić information content (AvgIpc) is 3.14. The van der Waals surface area contributed by atoms with Crippen molar-refractivity contribution in [3.05, 3.63) is 27.5 Å². The lowest BCUT2D eigenvalue weighted by Crippen LogP contribution is -2.55. The van der Waals surface area contributed by atoms with Crippen LogP contribution in [0.4, 0.5) is 15.0 Å². The van der Waals surface area contributed by atoms with E-state index in [-0.39, 0.29) is 23.3 Å². The number of likely N-dealkylation sites (tertiary alicyclic amines) is 1. The lowest BCUT2D eigenvalue weighted by Gasteiger charge is -2.41. The molecule has 1 amide bonds. The summed E-state index contributed by atoms with van der Waals surface area (Å²) in [5, 5.41) is 0.153. The summed E-state index contributed by atoms with van der Waals surface area (Å²) < 4.78 is 21.5. The normalized spacial score (nSPS) is 22.0. The van der Waals surface area contributed by atoms with Crippen LogP contribution in [-0.4, -0.2) is 81.3 Å². The van der Waals surface area contributed by atoms with Gasteiger partial charge in [0, 0.05) is 38.3 Å². The molecule has 4 rings (SSSR count). The molecule has 2 aliphatic rings. The van der Waals surface area contributed by atoms with E-state index in [2.05, 4.69) is 14.9 Å². The number of piperazine rings is 1. The molecule has 0 bridgehead atoms. The number of anilines is 1. The molecule has 0 radical (unpaired) electrons. The van der Waals surface area contributed by atoms with E-state index in [0.29, 0.717) is 43.0 Å². The van der Waals surface area contributed by atoms with Crippen LogP contribution < -0.4 is 10.6 Å².